The van der Waals surface area contributed by atoms with Gasteiger partial charge in [-0.3, -0.25) is 0 Å². The van der Waals surface area contributed by atoms with Gasteiger partial charge in [-0.25, -0.2) is 0 Å². The van der Waals surface area contributed by atoms with E-state index in [9.17, 15) is 0 Å². The molecule has 0 aliphatic heterocycles. The molecular formula is C13H16N2O4. The van der Waals surface area contributed by atoms with E-state index in [-0.39, 0.29) is 5.88 Å². The summed E-state index contributed by atoms with van der Waals surface area (Å²) in [6.07, 6.45) is 0. The van der Waals surface area contributed by atoms with Gasteiger partial charge in [0.15, 0.2) is 0 Å². The summed E-state index contributed by atoms with van der Waals surface area (Å²) in [4.78, 5) is 0. The monoisotopic (exact) mass is 264 g/mol. The molecule has 0 aliphatic rings. The van der Waals surface area contributed by atoms with E-state index in [4.69, 9.17) is 24.5 Å². The molecule has 0 radical (unpaired) electrons. The SMILES string of the molecule is COCc1cc(-c2cc(N)on2)c(OC)cc1OC. The molecule has 1 aromatic carbocycles. The summed E-state index contributed by atoms with van der Waals surface area (Å²) in [6.45, 7) is 0.424. The Labute approximate surface area is 111 Å². The van der Waals surface area contributed by atoms with E-state index in [0.29, 0.717) is 23.8 Å². The number of nitrogen functional groups attached to an aromatic ring is 1. The van der Waals surface area contributed by atoms with Gasteiger partial charge in [0.1, 0.15) is 17.2 Å². The third kappa shape index (κ3) is 2.63. The fourth-order valence-electron chi connectivity index (χ4n) is 1.85. The van der Waals surface area contributed by atoms with Gasteiger partial charge in [-0.2, -0.15) is 0 Å². The third-order valence-electron chi connectivity index (χ3n) is 2.71. The van der Waals surface area contributed by atoms with Gasteiger partial charge < -0.3 is 24.5 Å². The lowest BCUT2D eigenvalue weighted by Crippen LogP contribution is -1.97. The van der Waals surface area contributed by atoms with Crippen molar-refractivity contribution in [3.05, 3.63) is 23.8 Å². The molecule has 0 atom stereocenters. The topological polar surface area (TPSA) is 79.7 Å². The number of nitrogens with zero attached hydrogens (tertiary/aromatic N) is 1. The van der Waals surface area contributed by atoms with Crippen LogP contribution in [-0.4, -0.2) is 26.5 Å². The Balaban J connectivity index is 2.55. The number of nitrogens with two attached hydrogens (primary N) is 1. The highest BCUT2D eigenvalue weighted by molar-refractivity contribution is 5.71. The zero-order valence-corrected chi connectivity index (χ0v) is 11.1. The molecule has 0 aliphatic carbocycles. The number of benzene rings is 1. The zero-order chi connectivity index (χ0) is 13.8. The second-order valence-electron chi connectivity index (χ2n) is 3.91. The fraction of sp³-hybridized carbons (Fsp3) is 0.308. The highest BCUT2D eigenvalue weighted by atomic mass is 16.5. The molecule has 6 nitrogen and oxygen atoms in total. The largest absolute Gasteiger partial charge is 0.496 e. The highest BCUT2D eigenvalue weighted by Gasteiger charge is 2.15. The average Bonchev–Trinajstić information content (AvgIpc) is 2.85. The van der Waals surface area contributed by atoms with Crippen LogP contribution in [0.25, 0.3) is 11.3 Å². The molecular weight excluding hydrogens is 248 g/mol. The van der Waals surface area contributed by atoms with E-state index >= 15 is 0 Å². The fourth-order valence-corrected chi connectivity index (χ4v) is 1.85. The van der Waals surface area contributed by atoms with Crippen molar-refractivity contribution in [1.82, 2.24) is 5.16 Å². The lowest BCUT2D eigenvalue weighted by atomic mass is 10.1. The van der Waals surface area contributed by atoms with Crippen LogP contribution in [0.1, 0.15) is 5.56 Å². The van der Waals surface area contributed by atoms with Gasteiger partial charge in [-0.1, -0.05) is 5.16 Å². The number of anilines is 1. The second-order valence-corrected chi connectivity index (χ2v) is 3.91. The van der Waals surface area contributed by atoms with Crippen LogP contribution in [-0.2, 0) is 11.3 Å². The van der Waals surface area contributed by atoms with Crippen molar-refractivity contribution in [2.45, 2.75) is 6.61 Å². The van der Waals surface area contributed by atoms with Crippen LogP contribution in [0.5, 0.6) is 11.5 Å². The van der Waals surface area contributed by atoms with Crippen LogP contribution in [0.15, 0.2) is 22.7 Å². The Morgan fingerprint density at radius 3 is 2.37 bits per heavy atom. The predicted molar refractivity (Wildman–Crippen MR) is 70.2 cm³/mol. The first-order valence-electron chi connectivity index (χ1n) is 5.66. The summed E-state index contributed by atoms with van der Waals surface area (Å²) in [7, 11) is 4.80. The molecule has 6 heteroatoms. The minimum atomic E-state index is 0.251. The Bertz CT molecular complexity index is 566. The Kier molecular flexibility index (Phi) is 3.91. The minimum absolute atomic E-state index is 0.251. The van der Waals surface area contributed by atoms with Crippen molar-refractivity contribution in [1.29, 1.82) is 0 Å². The van der Waals surface area contributed by atoms with Crippen molar-refractivity contribution in [3.63, 3.8) is 0 Å². The summed E-state index contributed by atoms with van der Waals surface area (Å²) in [5, 5.41) is 3.89. The molecule has 2 N–H and O–H groups in total. The van der Waals surface area contributed by atoms with E-state index in [1.807, 2.05) is 6.07 Å². The second kappa shape index (κ2) is 5.62. The number of ether oxygens (including phenoxy) is 3. The van der Waals surface area contributed by atoms with Crippen molar-refractivity contribution >= 4 is 5.88 Å². The summed E-state index contributed by atoms with van der Waals surface area (Å²) in [6, 6.07) is 5.31. The standard InChI is InChI=1S/C13H16N2O4/c1-16-7-8-4-9(10-5-13(14)19-15-10)12(18-3)6-11(8)17-2/h4-6H,7,14H2,1-3H3. The van der Waals surface area contributed by atoms with Gasteiger partial charge >= 0.3 is 0 Å². The summed E-state index contributed by atoms with van der Waals surface area (Å²) in [5.74, 6) is 1.57. The molecule has 2 aromatic rings. The molecule has 0 bridgehead atoms. The average molecular weight is 264 g/mol. The normalized spacial score (nSPS) is 10.5. The van der Waals surface area contributed by atoms with Crippen LogP contribution < -0.4 is 15.2 Å². The van der Waals surface area contributed by atoms with Gasteiger partial charge in [0.25, 0.3) is 0 Å². The molecule has 19 heavy (non-hydrogen) atoms. The number of methoxy groups -OCH3 is 3. The van der Waals surface area contributed by atoms with Crippen LogP contribution in [0, 0.1) is 0 Å². The summed E-state index contributed by atoms with van der Waals surface area (Å²) < 4.78 is 20.7. The lowest BCUT2D eigenvalue weighted by molar-refractivity contribution is 0.181. The number of hydrogen-bond acceptors (Lipinski definition) is 6. The predicted octanol–water partition coefficient (Wildman–Crippen LogP) is 2.09. The summed E-state index contributed by atoms with van der Waals surface area (Å²) >= 11 is 0. The van der Waals surface area contributed by atoms with Crippen LogP contribution in [0.4, 0.5) is 5.88 Å². The highest BCUT2D eigenvalue weighted by Crippen LogP contribution is 2.36. The summed E-state index contributed by atoms with van der Waals surface area (Å²) in [5.41, 5.74) is 7.81. The first-order chi connectivity index (χ1) is 9.19. The molecule has 0 saturated heterocycles. The molecule has 1 aromatic heterocycles. The lowest BCUT2D eigenvalue weighted by Gasteiger charge is -2.13. The number of hydrogen-bond donors (Lipinski definition) is 1. The maximum Gasteiger partial charge on any atom is 0.222 e. The maximum absolute atomic E-state index is 5.54. The Hall–Kier alpha value is -2.21. The maximum atomic E-state index is 5.54. The zero-order valence-electron chi connectivity index (χ0n) is 11.1. The molecule has 0 amide bonds. The third-order valence-corrected chi connectivity index (χ3v) is 2.71. The Morgan fingerprint density at radius 1 is 1.11 bits per heavy atom. The van der Waals surface area contributed by atoms with E-state index in [1.54, 1.807) is 33.5 Å². The minimum Gasteiger partial charge on any atom is -0.496 e. The molecule has 0 saturated carbocycles. The molecule has 0 fully saturated rings. The van der Waals surface area contributed by atoms with Crippen LogP contribution in [0.2, 0.25) is 0 Å². The van der Waals surface area contributed by atoms with Gasteiger partial charge in [0.2, 0.25) is 5.88 Å². The molecule has 0 spiro atoms. The molecule has 2 rings (SSSR count). The van der Waals surface area contributed by atoms with E-state index in [1.165, 1.54) is 0 Å². The van der Waals surface area contributed by atoms with Crippen LogP contribution >= 0.6 is 0 Å². The van der Waals surface area contributed by atoms with Crippen molar-refractivity contribution in [3.8, 4) is 22.8 Å². The van der Waals surface area contributed by atoms with E-state index in [0.717, 1.165) is 11.1 Å². The van der Waals surface area contributed by atoms with Gasteiger partial charge in [0, 0.05) is 30.4 Å². The molecule has 0 unspecified atom stereocenters. The number of rotatable bonds is 5. The Morgan fingerprint density at radius 2 is 1.84 bits per heavy atom. The van der Waals surface area contributed by atoms with Crippen molar-refractivity contribution < 1.29 is 18.7 Å². The first kappa shape index (κ1) is 13.2. The smallest absolute Gasteiger partial charge is 0.222 e. The van der Waals surface area contributed by atoms with Crippen molar-refractivity contribution in [2.24, 2.45) is 0 Å². The van der Waals surface area contributed by atoms with Gasteiger partial charge in [-0.15, -0.1) is 0 Å². The van der Waals surface area contributed by atoms with Gasteiger partial charge in [0.05, 0.1) is 20.8 Å². The van der Waals surface area contributed by atoms with Crippen molar-refractivity contribution in [2.75, 3.05) is 27.1 Å². The van der Waals surface area contributed by atoms with E-state index in [2.05, 4.69) is 5.16 Å². The van der Waals surface area contributed by atoms with E-state index < -0.39 is 0 Å². The molecule has 102 valence electrons. The van der Waals surface area contributed by atoms with Crippen LogP contribution in [0.3, 0.4) is 0 Å². The quantitative estimate of drug-likeness (QED) is 0.890. The van der Waals surface area contributed by atoms with Gasteiger partial charge in [-0.05, 0) is 6.07 Å². The first-order valence-corrected chi connectivity index (χ1v) is 5.66. The number of aromatic nitrogens is 1. The molecule has 1 heterocycles.